The number of nitrogens with one attached hydrogen (secondary N) is 1. The molecule has 1 aliphatic rings. The van der Waals surface area contributed by atoms with E-state index in [-0.39, 0.29) is 6.04 Å². The van der Waals surface area contributed by atoms with Gasteiger partial charge in [-0.15, -0.1) is 0 Å². The fraction of sp³-hybridized carbons (Fsp3) is 0.667. The summed E-state index contributed by atoms with van der Waals surface area (Å²) in [5.41, 5.74) is 0.905. The number of nitrogens with zero attached hydrogens (tertiary/aromatic N) is 2. The molecule has 2 N–H and O–H groups in total. The predicted molar refractivity (Wildman–Crippen MR) is 49.2 cm³/mol. The minimum atomic E-state index is -0.406. The first kappa shape index (κ1) is 8.72. The molecule has 1 aromatic heterocycles. The van der Waals surface area contributed by atoms with Gasteiger partial charge in [-0.05, 0) is 19.4 Å². The fourth-order valence-electron chi connectivity index (χ4n) is 1.81. The van der Waals surface area contributed by atoms with E-state index in [1.54, 1.807) is 10.9 Å². The van der Waals surface area contributed by atoms with E-state index >= 15 is 0 Å². The van der Waals surface area contributed by atoms with Crippen LogP contribution in [0.4, 0.5) is 0 Å². The number of rotatable bonds is 2. The minimum Gasteiger partial charge on any atom is -0.387 e. The highest BCUT2D eigenvalue weighted by molar-refractivity contribution is 5.11. The molecule has 0 aromatic carbocycles. The van der Waals surface area contributed by atoms with Gasteiger partial charge in [0.2, 0.25) is 0 Å². The third-order valence-electron chi connectivity index (χ3n) is 2.55. The summed E-state index contributed by atoms with van der Waals surface area (Å²) in [7, 11) is 1.86. The number of aliphatic hydroxyl groups excluding tert-OH is 1. The van der Waals surface area contributed by atoms with Gasteiger partial charge in [-0.2, -0.15) is 5.10 Å². The average molecular weight is 181 g/mol. The summed E-state index contributed by atoms with van der Waals surface area (Å²) in [5.74, 6) is 0. The Morgan fingerprint density at radius 3 is 3.15 bits per heavy atom. The van der Waals surface area contributed by atoms with E-state index < -0.39 is 6.10 Å². The van der Waals surface area contributed by atoms with Gasteiger partial charge in [0, 0.05) is 24.8 Å². The van der Waals surface area contributed by atoms with Crippen LogP contribution in [0.5, 0.6) is 0 Å². The summed E-state index contributed by atoms with van der Waals surface area (Å²) in [5, 5.41) is 17.2. The van der Waals surface area contributed by atoms with Crippen molar-refractivity contribution in [3.05, 3.63) is 18.0 Å². The van der Waals surface area contributed by atoms with Crippen molar-refractivity contribution in [2.45, 2.75) is 25.0 Å². The molecule has 4 nitrogen and oxygen atoms in total. The first-order valence-electron chi connectivity index (χ1n) is 4.67. The molecule has 2 heterocycles. The Hall–Kier alpha value is -0.870. The first-order valence-corrected chi connectivity index (χ1v) is 4.67. The zero-order chi connectivity index (χ0) is 9.26. The lowest BCUT2D eigenvalue weighted by atomic mass is 10.0. The maximum atomic E-state index is 9.92. The van der Waals surface area contributed by atoms with Crippen LogP contribution in [0, 0.1) is 0 Å². The van der Waals surface area contributed by atoms with Crippen LogP contribution in [-0.2, 0) is 7.05 Å². The molecule has 0 radical (unpaired) electrons. The molecule has 1 fully saturated rings. The van der Waals surface area contributed by atoms with Gasteiger partial charge in [-0.3, -0.25) is 4.68 Å². The highest BCUT2D eigenvalue weighted by atomic mass is 16.3. The Morgan fingerprint density at radius 2 is 2.62 bits per heavy atom. The fourth-order valence-corrected chi connectivity index (χ4v) is 1.81. The van der Waals surface area contributed by atoms with Gasteiger partial charge in [0.25, 0.3) is 0 Å². The zero-order valence-electron chi connectivity index (χ0n) is 7.77. The van der Waals surface area contributed by atoms with E-state index in [2.05, 4.69) is 10.4 Å². The quantitative estimate of drug-likeness (QED) is 0.685. The van der Waals surface area contributed by atoms with Crippen LogP contribution in [0.25, 0.3) is 0 Å². The van der Waals surface area contributed by atoms with Crippen LogP contribution in [0.2, 0.25) is 0 Å². The summed E-state index contributed by atoms with van der Waals surface area (Å²) in [6.45, 7) is 1.02. The molecule has 0 spiro atoms. The number of hydrogen-bond acceptors (Lipinski definition) is 3. The molecule has 1 unspecified atom stereocenters. The van der Waals surface area contributed by atoms with Crippen molar-refractivity contribution >= 4 is 0 Å². The highest BCUT2D eigenvalue weighted by Crippen LogP contribution is 2.21. The topological polar surface area (TPSA) is 50.1 Å². The summed E-state index contributed by atoms with van der Waals surface area (Å²) in [4.78, 5) is 0. The Morgan fingerprint density at radius 1 is 1.77 bits per heavy atom. The van der Waals surface area contributed by atoms with Crippen molar-refractivity contribution in [2.75, 3.05) is 6.54 Å². The van der Waals surface area contributed by atoms with Gasteiger partial charge in [-0.25, -0.2) is 0 Å². The molecule has 1 saturated heterocycles. The summed E-state index contributed by atoms with van der Waals surface area (Å²) >= 11 is 0. The zero-order valence-corrected chi connectivity index (χ0v) is 7.77. The monoisotopic (exact) mass is 181 g/mol. The van der Waals surface area contributed by atoms with Crippen molar-refractivity contribution in [3.8, 4) is 0 Å². The standard InChI is InChI=1S/C9H15N3O/c1-12-6-7(5-11-12)9(13)8-3-2-4-10-8/h5-6,8-10,13H,2-4H2,1H3/t8-,9?/m0/s1. The van der Waals surface area contributed by atoms with E-state index in [0.29, 0.717) is 0 Å². The molecule has 4 heteroatoms. The maximum absolute atomic E-state index is 9.92. The smallest absolute Gasteiger partial charge is 0.0973 e. The molecular weight excluding hydrogens is 166 g/mol. The largest absolute Gasteiger partial charge is 0.387 e. The van der Waals surface area contributed by atoms with Gasteiger partial charge < -0.3 is 10.4 Å². The molecule has 0 saturated carbocycles. The van der Waals surface area contributed by atoms with Crippen LogP contribution >= 0.6 is 0 Å². The lowest BCUT2D eigenvalue weighted by Crippen LogP contribution is -2.28. The normalized spacial score (nSPS) is 24.9. The first-order chi connectivity index (χ1) is 6.27. The molecule has 72 valence electrons. The van der Waals surface area contributed by atoms with Crippen molar-refractivity contribution in [2.24, 2.45) is 7.05 Å². The average Bonchev–Trinajstić information content (AvgIpc) is 2.72. The third-order valence-corrected chi connectivity index (χ3v) is 2.55. The van der Waals surface area contributed by atoms with E-state index in [1.165, 1.54) is 0 Å². The molecule has 2 rings (SSSR count). The second kappa shape index (κ2) is 3.47. The maximum Gasteiger partial charge on any atom is 0.0973 e. The summed E-state index contributed by atoms with van der Waals surface area (Å²) in [6, 6.07) is 0.212. The molecule has 13 heavy (non-hydrogen) atoms. The molecule has 1 aromatic rings. The lowest BCUT2D eigenvalue weighted by molar-refractivity contribution is 0.137. The second-order valence-electron chi connectivity index (χ2n) is 3.60. The van der Waals surface area contributed by atoms with Crippen molar-refractivity contribution in [1.29, 1.82) is 0 Å². The van der Waals surface area contributed by atoms with Gasteiger partial charge in [0.1, 0.15) is 0 Å². The third kappa shape index (κ3) is 1.73. The molecule has 0 bridgehead atoms. The Kier molecular flexibility index (Phi) is 2.33. The van der Waals surface area contributed by atoms with Crippen LogP contribution in [0.1, 0.15) is 24.5 Å². The summed E-state index contributed by atoms with van der Waals surface area (Å²) in [6.07, 6.45) is 5.39. The number of hydrogen-bond donors (Lipinski definition) is 2. The van der Waals surface area contributed by atoms with Gasteiger partial charge >= 0.3 is 0 Å². The Bertz CT molecular complexity index is 278. The second-order valence-corrected chi connectivity index (χ2v) is 3.60. The molecule has 1 aliphatic heterocycles. The molecule has 0 aliphatic carbocycles. The molecule has 0 amide bonds. The van der Waals surface area contributed by atoms with Gasteiger partial charge in [0.15, 0.2) is 0 Å². The lowest BCUT2D eigenvalue weighted by Gasteiger charge is -2.16. The number of aliphatic hydroxyl groups is 1. The van der Waals surface area contributed by atoms with E-state index in [9.17, 15) is 5.11 Å². The van der Waals surface area contributed by atoms with E-state index in [1.807, 2.05) is 13.2 Å². The van der Waals surface area contributed by atoms with Crippen molar-refractivity contribution < 1.29 is 5.11 Å². The number of aromatic nitrogens is 2. The SMILES string of the molecule is Cn1cc(C(O)[C@@H]2CCCN2)cn1. The van der Waals surface area contributed by atoms with Gasteiger partial charge in [0.05, 0.1) is 12.3 Å². The molecular formula is C9H15N3O. The van der Waals surface area contributed by atoms with E-state index in [0.717, 1.165) is 24.9 Å². The molecule has 2 atom stereocenters. The summed E-state index contributed by atoms with van der Waals surface area (Å²) < 4.78 is 1.72. The van der Waals surface area contributed by atoms with Gasteiger partial charge in [-0.1, -0.05) is 0 Å². The van der Waals surface area contributed by atoms with Crippen LogP contribution in [0.15, 0.2) is 12.4 Å². The predicted octanol–water partition coefficient (Wildman–Crippen LogP) is 0.205. The minimum absolute atomic E-state index is 0.212. The van der Waals surface area contributed by atoms with Crippen molar-refractivity contribution in [1.82, 2.24) is 15.1 Å². The Balaban J connectivity index is 2.07. The highest BCUT2D eigenvalue weighted by Gasteiger charge is 2.24. The van der Waals surface area contributed by atoms with Crippen molar-refractivity contribution in [3.63, 3.8) is 0 Å². The van der Waals surface area contributed by atoms with Crippen LogP contribution < -0.4 is 5.32 Å². The number of aryl methyl sites for hydroxylation is 1. The van der Waals surface area contributed by atoms with E-state index in [4.69, 9.17) is 0 Å². The Labute approximate surface area is 77.6 Å². The van der Waals surface area contributed by atoms with Crippen LogP contribution in [0.3, 0.4) is 0 Å². The van der Waals surface area contributed by atoms with Crippen LogP contribution in [-0.4, -0.2) is 27.5 Å².